The summed E-state index contributed by atoms with van der Waals surface area (Å²) in [7, 11) is 0. The van der Waals surface area contributed by atoms with Crippen molar-refractivity contribution in [3.63, 3.8) is 0 Å². The number of benzene rings is 1. The zero-order valence-corrected chi connectivity index (χ0v) is 20.5. The van der Waals surface area contributed by atoms with Gasteiger partial charge in [0.1, 0.15) is 6.04 Å². The monoisotopic (exact) mass is 579 g/mol. The summed E-state index contributed by atoms with van der Waals surface area (Å²) in [5, 5.41) is 11.8. The minimum absolute atomic E-state index is 0.0341. The molecule has 16 heteroatoms. The van der Waals surface area contributed by atoms with Crippen molar-refractivity contribution in [3.05, 3.63) is 29.3 Å². The number of hydrogen-bond donors (Lipinski definition) is 2. The molecule has 2 N–H and O–H groups in total. The number of aliphatic carboxylic acids is 1. The Balaban J connectivity index is 1.74. The number of hydrogen-bond acceptors (Lipinski definition) is 5. The highest BCUT2D eigenvalue weighted by atomic mass is 19.4. The molecular weight excluding hydrogens is 553 g/mol. The van der Waals surface area contributed by atoms with Crippen molar-refractivity contribution in [2.75, 3.05) is 25.0 Å². The molecule has 0 aromatic heterocycles. The van der Waals surface area contributed by atoms with Crippen molar-refractivity contribution in [2.45, 2.75) is 75.4 Å². The number of alkyl halides is 9. The lowest BCUT2D eigenvalue weighted by molar-refractivity contribution is -0.308. The highest BCUT2D eigenvalue weighted by molar-refractivity contribution is 5.77. The summed E-state index contributed by atoms with van der Waals surface area (Å²) >= 11 is 0. The molecule has 2 saturated heterocycles. The number of likely N-dealkylation sites (tertiary alicyclic amines) is 2. The van der Waals surface area contributed by atoms with Gasteiger partial charge in [0, 0.05) is 30.9 Å². The second-order valence-electron chi connectivity index (χ2n) is 9.66. The maximum absolute atomic E-state index is 13.3. The lowest BCUT2D eigenvalue weighted by Crippen LogP contribution is -2.54. The summed E-state index contributed by atoms with van der Waals surface area (Å²) in [6.07, 6.45) is -20.7. The molecule has 0 aliphatic carbocycles. The molecule has 2 heterocycles. The first-order chi connectivity index (χ1) is 17.8. The summed E-state index contributed by atoms with van der Waals surface area (Å²) in [5.41, 5.74) is -1.25. The average Bonchev–Trinajstić information content (AvgIpc) is 3.17. The average molecular weight is 579 g/mol. The fourth-order valence-electron chi connectivity index (χ4n) is 4.93. The molecule has 0 unspecified atom stereocenters. The van der Waals surface area contributed by atoms with Gasteiger partial charge in [0.25, 0.3) is 6.10 Å². The number of halogens is 9. The van der Waals surface area contributed by atoms with Crippen LogP contribution in [-0.4, -0.2) is 76.6 Å². The van der Waals surface area contributed by atoms with E-state index in [1.807, 2.05) is 4.90 Å². The molecule has 1 atom stereocenters. The largest absolute Gasteiger partial charge is 0.480 e. The summed E-state index contributed by atoms with van der Waals surface area (Å²) in [4.78, 5) is 26.1. The van der Waals surface area contributed by atoms with Crippen LogP contribution in [0.4, 0.5) is 50.0 Å². The van der Waals surface area contributed by atoms with Gasteiger partial charge in [-0.15, -0.1) is 0 Å². The molecule has 1 spiro atoms. The van der Waals surface area contributed by atoms with Gasteiger partial charge in [0.15, 0.2) is 0 Å². The summed E-state index contributed by atoms with van der Waals surface area (Å²) < 4.78 is 120. The smallest absolute Gasteiger partial charge is 0.434 e. The van der Waals surface area contributed by atoms with Gasteiger partial charge < -0.3 is 20.1 Å². The number of anilines is 1. The van der Waals surface area contributed by atoms with Gasteiger partial charge in [0.05, 0.1) is 5.56 Å². The van der Waals surface area contributed by atoms with Gasteiger partial charge in [-0.1, -0.05) is 6.07 Å². The molecule has 0 saturated carbocycles. The Bertz CT molecular complexity index is 1040. The molecule has 0 radical (unpaired) electrons. The van der Waals surface area contributed by atoms with Crippen LogP contribution in [0.1, 0.15) is 43.7 Å². The van der Waals surface area contributed by atoms with Crippen LogP contribution in [0.15, 0.2) is 18.2 Å². The lowest BCUT2D eigenvalue weighted by atomic mass is 9.84. The molecule has 2 aliphatic rings. The highest BCUT2D eigenvalue weighted by Crippen LogP contribution is 2.42. The number of rotatable bonds is 6. The van der Waals surface area contributed by atoms with Crippen molar-refractivity contribution < 1.29 is 58.9 Å². The Labute approximate surface area is 216 Å². The highest BCUT2D eigenvalue weighted by Gasteiger charge is 2.60. The molecule has 2 aliphatic heterocycles. The Morgan fingerprint density at radius 2 is 1.59 bits per heavy atom. The first-order valence-electron chi connectivity index (χ1n) is 11.9. The zero-order chi connectivity index (χ0) is 29.4. The molecule has 39 heavy (non-hydrogen) atoms. The van der Waals surface area contributed by atoms with Crippen LogP contribution in [-0.2, 0) is 22.3 Å². The third-order valence-corrected chi connectivity index (χ3v) is 7.05. The molecule has 7 nitrogen and oxygen atoms in total. The van der Waals surface area contributed by atoms with E-state index in [0.29, 0.717) is 24.9 Å². The predicted octanol–water partition coefficient (Wildman–Crippen LogP) is 5.65. The van der Waals surface area contributed by atoms with Gasteiger partial charge in [-0.2, -0.15) is 39.5 Å². The van der Waals surface area contributed by atoms with Gasteiger partial charge in [0.2, 0.25) is 0 Å². The number of nitrogens with zero attached hydrogens (tertiary/aromatic N) is 2. The van der Waals surface area contributed by atoms with Crippen molar-refractivity contribution in [1.82, 2.24) is 9.80 Å². The van der Waals surface area contributed by atoms with E-state index < -0.39 is 53.8 Å². The molecular formula is C23H26F9N3O4. The Morgan fingerprint density at radius 3 is 2.10 bits per heavy atom. The van der Waals surface area contributed by atoms with Crippen molar-refractivity contribution >= 4 is 17.7 Å². The molecule has 220 valence electrons. The second kappa shape index (κ2) is 10.9. The second-order valence-corrected chi connectivity index (χ2v) is 9.66. The number of carboxylic acids is 1. The van der Waals surface area contributed by atoms with E-state index in [1.54, 1.807) is 0 Å². The Kier molecular flexibility index (Phi) is 8.58. The van der Waals surface area contributed by atoms with Crippen molar-refractivity contribution in [2.24, 2.45) is 0 Å². The Hall–Kier alpha value is -2.91. The van der Waals surface area contributed by atoms with Crippen LogP contribution in [0.25, 0.3) is 0 Å². The maximum Gasteiger partial charge on any atom is 0.434 e. The van der Waals surface area contributed by atoms with E-state index in [2.05, 4.69) is 10.1 Å². The molecule has 3 rings (SSSR count). The van der Waals surface area contributed by atoms with Crippen LogP contribution < -0.4 is 5.32 Å². The summed E-state index contributed by atoms with van der Waals surface area (Å²) in [5.74, 6) is -1.28. The number of carbonyl (C=O) groups excluding carboxylic acids is 1. The molecule has 1 amide bonds. The predicted molar refractivity (Wildman–Crippen MR) is 118 cm³/mol. The van der Waals surface area contributed by atoms with E-state index in [-0.39, 0.29) is 38.2 Å². The molecule has 2 fully saturated rings. The first kappa shape index (κ1) is 30.6. The van der Waals surface area contributed by atoms with Gasteiger partial charge in [-0.3, -0.25) is 9.69 Å². The topological polar surface area (TPSA) is 82.1 Å². The van der Waals surface area contributed by atoms with E-state index in [9.17, 15) is 54.2 Å². The number of ether oxygens (including phenoxy) is 1. The van der Waals surface area contributed by atoms with Crippen LogP contribution in [0, 0.1) is 0 Å². The minimum atomic E-state index is -5.83. The van der Waals surface area contributed by atoms with E-state index in [4.69, 9.17) is 0 Å². The van der Waals surface area contributed by atoms with Gasteiger partial charge in [-0.25, -0.2) is 4.79 Å². The van der Waals surface area contributed by atoms with E-state index in [0.717, 1.165) is 17.0 Å². The first-order valence-corrected chi connectivity index (χ1v) is 11.9. The standard InChI is InChI=1S/C23H26F9N3O4/c1-13(17(36)37)33-16-11-15(21(24,25)26)4-3-14(16)12-35-8-2-5-20(35)6-9-34(10-7-20)19(38)39-18(22(27,28)29)23(30,31)32/h3-4,11,13,18,33H,2,5-10,12H2,1H3,(H,36,37)/t13-/m0/s1. The fraction of sp³-hybridized carbons (Fsp3) is 0.652. The third kappa shape index (κ3) is 7.19. The van der Waals surface area contributed by atoms with Crippen molar-refractivity contribution in [1.29, 1.82) is 0 Å². The molecule has 1 aromatic rings. The van der Waals surface area contributed by atoms with E-state index in [1.165, 1.54) is 13.0 Å². The summed E-state index contributed by atoms with van der Waals surface area (Å²) in [6, 6.07) is 1.71. The maximum atomic E-state index is 13.3. The lowest BCUT2D eigenvalue weighted by Gasteiger charge is -2.45. The van der Waals surface area contributed by atoms with Crippen LogP contribution in [0.3, 0.4) is 0 Å². The quantitative estimate of drug-likeness (QED) is 0.424. The number of piperidine rings is 1. The van der Waals surface area contributed by atoms with Crippen LogP contribution in [0.5, 0.6) is 0 Å². The minimum Gasteiger partial charge on any atom is -0.480 e. The van der Waals surface area contributed by atoms with Gasteiger partial charge in [-0.05, 0) is 56.8 Å². The van der Waals surface area contributed by atoms with Crippen LogP contribution >= 0.6 is 0 Å². The number of carbonyl (C=O) groups is 2. The SMILES string of the molecule is C[C@H](Nc1cc(C(F)(F)F)ccc1CN1CCCC12CCN(C(=O)OC(C(F)(F)F)C(F)(F)F)CC2)C(=O)O. The number of amides is 1. The van der Waals surface area contributed by atoms with Crippen LogP contribution in [0.2, 0.25) is 0 Å². The van der Waals surface area contributed by atoms with Gasteiger partial charge >= 0.3 is 30.6 Å². The number of carboxylic acid groups (broad SMARTS) is 1. The fourth-order valence-corrected chi connectivity index (χ4v) is 4.93. The zero-order valence-electron chi connectivity index (χ0n) is 20.5. The summed E-state index contributed by atoms with van der Waals surface area (Å²) in [6.45, 7) is 1.48. The van der Waals surface area contributed by atoms with E-state index >= 15 is 0 Å². The number of nitrogens with one attached hydrogen (secondary N) is 1. The Morgan fingerprint density at radius 1 is 1.00 bits per heavy atom. The molecule has 1 aromatic carbocycles. The van der Waals surface area contributed by atoms with Crippen molar-refractivity contribution in [3.8, 4) is 0 Å². The molecule has 0 bridgehead atoms. The normalized spacial score (nSPS) is 19.4. The third-order valence-electron chi connectivity index (χ3n) is 7.05.